The molecule has 0 aliphatic rings. The first-order chi connectivity index (χ1) is 9.15. The minimum Gasteiger partial charge on any atom is -0.508 e. The Morgan fingerprint density at radius 2 is 2.11 bits per heavy atom. The van der Waals surface area contributed by atoms with Gasteiger partial charge in [-0.2, -0.15) is 0 Å². The van der Waals surface area contributed by atoms with Crippen molar-refractivity contribution >= 4 is 5.97 Å². The van der Waals surface area contributed by atoms with Crippen molar-refractivity contribution < 1.29 is 19.4 Å². The summed E-state index contributed by atoms with van der Waals surface area (Å²) in [7, 11) is 0. The number of ether oxygens (including phenoxy) is 2. The summed E-state index contributed by atoms with van der Waals surface area (Å²) in [5.74, 6) is 0.551. The van der Waals surface area contributed by atoms with E-state index in [4.69, 9.17) is 14.6 Å². The Morgan fingerprint density at radius 1 is 1.42 bits per heavy atom. The maximum atomic E-state index is 11.1. The summed E-state index contributed by atoms with van der Waals surface area (Å²) in [6.45, 7) is 5.89. The van der Waals surface area contributed by atoms with Crippen LogP contribution in [0.15, 0.2) is 36.9 Å². The third-order valence-corrected chi connectivity index (χ3v) is 2.68. The molecule has 0 saturated carbocycles. The van der Waals surface area contributed by atoms with E-state index in [-0.39, 0.29) is 17.8 Å². The standard InChI is InChI=1S/C15H20O4/c1-3-13(19-15(17)4-2)6-5-11-18-14-9-7-12(16)8-10-14/h4,7-10,13,16H,2-3,5-6,11H2,1H3. The molecule has 104 valence electrons. The predicted molar refractivity (Wildman–Crippen MR) is 73.2 cm³/mol. The molecule has 0 heterocycles. The zero-order chi connectivity index (χ0) is 14.1. The highest BCUT2D eigenvalue weighted by Crippen LogP contribution is 2.16. The third kappa shape index (κ3) is 5.95. The first kappa shape index (κ1) is 15.1. The fourth-order valence-corrected chi connectivity index (χ4v) is 1.60. The third-order valence-electron chi connectivity index (χ3n) is 2.68. The largest absolute Gasteiger partial charge is 0.508 e. The predicted octanol–water partition coefficient (Wildman–Crippen LogP) is 3.06. The average molecular weight is 264 g/mol. The maximum absolute atomic E-state index is 11.1. The Balaban J connectivity index is 2.23. The minimum atomic E-state index is -0.383. The van der Waals surface area contributed by atoms with Gasteiger partial charge in [0.25, 0.3) is 0 Å². The van der Waals surface area contributed by atoms with Gasteiger partial charge in [0.2, 0.25) is 0 Å². The lowest BCUT2D eigenvalue weighted by molar-refractivity contribution is -0.143. The van der Waals surface area contributed by atoms with Gasteiger partial charge in [0.1, 0.15) is 17.6 Å². The van der Waals surface area contributed by atoms with Gasteiger partial charge in [0.15, 0.2) is 0 Å². The average Bonchev–Trinajstić information content (AvgIpc) is 2.43. The van der Waals surface area contributed by atoms with Crippen LogP contribution < -0.4 is 4.74 Å². The van der Waals surface area contributed by atoms with Crippen molar-refractivity contribution in [2.75, 3.05) is 6.61 Å². The van der Waals surface area contributed by atoms with E-state index in [0.29, 0.717) is 12.4 Å². The molecule has 0 aliphatic heterocycles. The molecule has 0 aromatic heterocycles. The summed E-state index contributed by atoms with van der Waals surface area (Å²) >= 11 is 0. The molecule has 4 nitrogen and oxygen atoms in total. The van der Waals surface area contributed by atoms with Crippen LogP contribution in [0.2, 0.25) is 0 Å². The van der Waals surface area contributed by atoms with E-state index in [9.17, 15) is 4.79 Å². The Hall–Kier alpha value is -1.97. The monoisotopic (exact) mass is 264 g/mol. The highest BCUT2D eigenvalue weighted by molar-refractivity contribution is 5.81. The number of carbonyl (C=O) groups is 1. The van der Waals surface area contributed by atoms with E-state index in [0.717, 1.165) is 19.3 Å². The van der Waals surface area contributed by atoms with Crippen LogP contribution in [-0.4, -0.2) is 23.8 Å². The second-order valence-electron chi connectivity index (χ2n) is 4.16. The fraction of sp³-hybridized carbons (Fsp3) is 0.400. The number of carbonyl (C=O) groups excluding carboxylic acids is 1. The van der Waals surface area contributed by atoms with Crippen molar-refractivity contribution in [3.63, 3.8) is 0 Å². The van der Waals surface area contributed by atoms with E-state index in [1.165, 1.54) is 6.08 Å². The quantitative estimate of drug-likeness (QED) is 0.445. The number of phenols is 1. The van der Waals surface area contributed by atoms with Crippen molar-refractivity contribution in [1.82, 2.24) is 0 Å². The van der Waals surface area contributed by atoms with Gasteiger partial charge in [0.05, 0.1) is 6.61 Å². The molecular formula is C15H20O4. The van der Waals surface area contributed by atoms with Gasteiger partial charge in [-0.25, -0.2) is 4.79 Å². The zero-order valence-electron chi connectivity index (χ0n) is 11.2. The number of hydrogen-bond acceptors (Lipinski definition) is 4. The Kier molecular flexibility index (Phi) is 6.50. The van der Waals surface area contributed by atoms with E-state index < -0.39 is 0 Å². The van der Waals surface area contributed by atoms with Gasteiger partial charge in [-0.15, -0.1) is 0 Å². The number of benzene rings is 1. The number of esters is 1. The molecule has 1 aromatic carbocycles. The van der Waals surface area contributed by atoms with Crippen LogP contribution in [0, 0.1) is 0 Å². The van der Waals surface area contributed by atoms with Crippen LogP contribution in [0.4, 0.5) is 0 Å². The van der Waals surface area contributed by atoms with Crippen molar-refractivity contribution in [2.45, 2.75) is 32.3 Å². The summed E-state index contributed by atoms with van der Waals surface area (Å²) in [5.41, 5.74) is 0. The van der Waals surface area contributed by atoms with Crippen molar-refractivity contribution in [2.24, 2.45) is 0 Å². The molecule has 19 heavy (non-hydrogen) atoms. The van der Waals surface area contributed by atoms with Gasteiger partial charge in [-0.1, -0.05) is 13.5 Å². The van der Waals surface area contributed by atoms with Crippen molar-refractivity contribution in [3.05, 3.63) is 36.9 Å². The highest BCUT2D eigenvalue weighted by Gasteiger charge is 2.09. The summed E-state index contributed by atoms with van der Waals surface area (Å²) in [6.07, 6.45) is 3.42. The Bertz CT molecular complexity index is 397. The maximum Gasteiger partial charge on any atom is 0.330 e. The molecule has 0 bridgehead atoms. The number of hydrogen-bond donors (Lipinski definition) is 1. The molecular weight excluding hydrogens is 244 g/mol. The van der Waals surface area contributed by atoms with Crippen LogP contribution in [-0.2, 0) is 9.53 Å². The topological polar surface area (TPSA) is 55.8 Å². The molecule has 0 aliphatic carbocycles. The lowest BCUT2D eigenvalue weighted by Gasteiger charge is -2.15. The van der Waals surface area contributed by atoms with Gasteiger partial charge < -0.3 is 14.6 Å². The van der Waals surface area contributed by atoms with Gasteiger partial charge in [-0.05, 0) is 43.5 Å². The van der Waals surface area contributed by atoms with Crippen LogP contribution >= 0.6 is 0 Å². The molecule has 0 radical (unpaired) electrons. The lowest BCUT2D eigenvalue weighted by atomic mass is 10.1. The number of rotatable bonds is 8. The summed E-state index contributed by atoms with van der Waals surface area (Å²) in [5, 5.41) is 9.13. The van der Waals surface area contributed by atoms with E-state index in [2.05, 4.69) is 6.58 Å². The fourth-order valence-electron chi connectivity index (χ4n) is 1.60. The first-order valence-corrected chi connectivity index (χ1v) is 6.40. The zero-order valence-corrected chi connectivity index (χ0v) is 11.2. The smallest absolute Gasteiger partial charge is 0.330 e. The number of phenolic OH excluding ortho intramolecular Hbond substituents is 1. The molecule has 0 fully saturated rings. The molecule has 0 amide bonds. The van der Waals surface area contributed by atoms with Gasteiger partial charge >= 0.3 is 5.97 Å². The first-order valence-electron chi connectivity index (χ1n) is 6.40. The van der Waals surface area contributed by atoms with Crippen LogP contribution in [0.1, 0.15) is 26.2 Å². The normalized spacial score (nSPS) is 11.6. The second-order valence-corrected chi connectivity index (χ2v) is 4.16. The molecule has 4 heteroatoms. The Morgan fingerprint density at radius 3 is 2.68 bits per heavy atom. The minimum absolute atomic E-state index is 0.0890. The summed E-state index contributed by atoms with van der Waals surface area (Å²) < 4.78 is 10.7. The van der Waals surface area contributed by atoms with Crippen molar-refractivity contribution in [3.8, 4) is 11.5 Å². The van der Waals surface area contributed by atoms with Gasteiger partial charge in [-0.3, -0.25) is 0 Å². The van der Waals surface area contributed by atoms with Crippen LogP contribution in [0.5, 0.6) is 11.5 Å². The van der Waals surface area contributed by atoms with E-state index in [1.54, 1.807) is 24.3 Å². The summed E-state index contributed by atoms with van der Waals surface area (Å²) in [6, 6.07) is 6.58. The molecule has 1 unspecified atom stereocenters. The molecule has 1 atom stereocenters. The molecule has 1 rings (SSSR count). The van der Waals surface area contributed by atoms with E-state index >= 15 is 0 Å². The highest BCUT2D eigenvalue weighted by atomic mass is 16.5. The van der Waals surface area contributed by atoms with Crippen LogP contribution in [0.25, 0.3) is 0 Å². The molecule has 0 saturated heterocycles. The molecule has 1 aromatic rings. The summed E-state index contributed by atoms with van der Waals surface area (Å²) in [4.78, 5) is 11.1. The van der Waals surface area contributed by atoms with Crippen molar-refractivity contribution in [1.29, 1.82) is 0 Å². The molecule has 1 N–H and O–H groups in total. The second kappa shape index (κ2) is 8.19. The molecule has 0 spiro atoms. The van der Waals surface area contributed by atoms with Crippen LogP contribution in [0.3, 0.4) is 0 Å². The number of aromatic hydroxyl groups is 1. The SMILES string of the molecule is C=CC(=O)OC(CC)CCCOc1ccc(O)cc1. The lowest BCUT2D eigenvalue weighted by Crippen LogP contribution is -2.16. The van der Waals surface area contributed by atoms with Gasteiger partial charge in [0, 0.05) is 6.08 Å². The Labute approximate surface area is 113 Å². The van der Waals surface area contributed by atoms with E-state index in [1.807, 2.05) is 6.92 Å².